The fourth-order valence-corrected chi connectivity index (χ4v) is 6.06. The predicted octanol–water partition coefficient (Wildman–Crippen LogP) is -0.118. The second-order valence-electron chi connectivity index (χ2n) is 6.71. The summed E-state index contributed by atoms with van der Waals surface area (Å²) in [6.45, 7) is 2.32. The second-order valence-corrected chi connectivity index (χ2v) is 8.13. The van der Waals surface area contributed by atoms with Gasteiger partial charge >= 0.3 is 159 Å². The molecule has 0 N–H and O–H groups in total. The van der Waals surface area contributed by atoms with Crippen molar-refractivity contribution in [2.24, 2.45) is 0 Å². The third-order valence-electron chi connectivity index (χ3n) is 5.56. The van der Waals surface area contributed by atoms with Crippen molar-refractivity contribution in [1.82, 2.24) is 0 Å². The van der Waals surface area contributed by atoms with Gasteiger partial charge in [-0.15, -0.1) is 0 Å². The number of benzene rings is 3. The summed E-state index contributed by atoms with van der Waals surface area (Å²) >= 11 is 1.59. The maximum absolute atomic E-state index is 2.33. The van der Waals surface area contributed by atoms with E-state index in [-0.39, 0.29) is 24.8 Å². The van der Waals surface area contributed by atoms with Gasteiger partial charge in [0.2, 0.25) is 0 Å². The zero-order valence-electron chi connectivity index (χ0n) is 14.3. The number of hydrogen-bond donors (Lipinski definition) is 0. The Morgan fingerprint density at radius 2 is 1.04 bits per heavy atom. The van der Waals surface area contributed by atoms with Crippen molar-refractivity contribution in [1.29, 1.82) is 0 Å². The van der Waals surface area contributed by atoms with Crippen LogP contribution in [0.4, 0.5) is 0 Å². The molecule has 0 radical (unpaired) electrons. The summed E-state index contributed by atoms with van der Waals surface area (Å²) in [6.07, 6.45) is 0. The van der Waals surface area contributed by atoms with Crippen LogP contribution in [0.3, 0.4) is 0 Å². The number of halogens is 2. The van der Waals surface area contributed by atoms with Crippen molar-refractivity contribution in [2.45, 2.75) is 16.5 Å². The average Bonchev–Trinajstić information content (AvgIpc) is 3.08. The van der Waals surface area contributed by atoms with Gasteiger partial charge in [0.1, 0.15) is 0 Å². The summed E-state index contributed by atoms with van der Waals surface area (Å²) in [5.41, 5.74) is 11.9. The van der Waals surface area contributed by atoms with E-state index in [1.165, 1.54) is 39.0 Å². The molecule has 127 valence electrons. The molecule has 3 aromatic rings. The number of allylic oxidation sites excluding steroid dienone is 2. The van der Waals surface area contributed by atoms with Crippen LogP contribution >= 0.6 is 0 Å². The zero-order chi connectivity index (χ0) is 16.3. The molecular weight excluding hydrogens is 438 g/mol. The van der Waals surface area contributed by atoms with Gasteiger partial charge in [-0.2, -0.15) is 0 Å². The SMILES string of the molecule is CC1=C(C2c3ccccc3-c3ccccc32)[CH]([Zr+2])c2ccccc21.[Cl-].[Cl-]. The van der Waals surface area contributed by atoms with Crippen molar-refractivity contribution in [3.8, 4) is 11.1 Å². The Bertz CT molecular complexity index is 961. The van der Waals surface area contributed by atoms with Gasteiger partial charge in [-0.05, 0) is 0 Å². The first-order chi connectivity index (χ1) is 11.8. The van der Waals surface area contributed by atoms with E-state index in [1.54, 1.807) is 30.3 Å². The van der Waals surface area contributed by atoms with Crippen molar-refractivity contribution in [3.63, 3.8) is 0 Å². The first-order valence-corrected chi connectivity index (χ1v) is 9.88. The minimum atomic E-state index is 0. The van der Waals surface area contributed by atoms with E-state index in [2.05, 4.69) is 79.7 Å². The Balaban J connectivity index is 0.000000980. The minimum absolute atomic E-state index is 0. The van der Waals surface area contributed by atoms with Gasteiger partial charge < -0.3 is 24.8 Å². The zero-order valence-corrected chi connectivity index (χ0v) is 18.3. The smallest absolute Gasteiger partial charge is 1.00 e. The van der Waals surface area contributed by atoms with Crippen LogP contribution < -0.4 is 24.8 Å². The monoisotopic (exact) mass is 453 g/mol. The topological polar surface area (TPSA) is 0 Å². The van der Waals surface area contributed by atoms with Crippen molar-refractivity contribution in [2.75, 3.05) is 0 Å². The van der Waals surface area contributed by atoms with Crippen LogP contribution in [0, 0.1) is 0 Å². The third-order valence-corrected chi connectivity index (χ3v) is 7.09. The van der Waals surface area contributed by atoms with Gasteiger partial charge in [0.25, 0.3) is 0 Å². The van der Waals surface area contributed by atoms with Crippen LogP contribution in [-0.2, 0) is 24.7 Å². The standard InChI is InChI=1S/C23H17.2ClH.Zr/c1-15-17-9-3-2-8-16(17)14-22(15)23-20-12-6-4-10-18(20)19-11-5-7-13-21(19)23;;;/h2-14,23H,1H3;2*1H;/q;;;+2/p-2. The van der Waals surface area contributed by atoms with Gasteiger partial charge in [-0.25, -0.2) is 0 Å². The Morgan fingerprint density at radius 3 is 1.54 bits per heavy atom. The Kier molecular flexibility index (Phi) is 5.64. The molecule has 0 spiro atoms. The summed E-state index contributed by atoms with van der Waals surface area (Å²) in [7, 11) is 0. The fourth-order valence-electron chi connectivity index (χ4n) is 4.50. The van der Waals surface area contributed by atoms with Crippen LogP contribution in [0.2, 0.25) is 0 Å². The molecule has 1 unspecified atom stereocenters. The molecule has 0 saturated carbocycles. The molecule has 5 rings (SSSR count). The van der Waals surface area contributed by atoms with Crippen LogP contribution in [0.25, 0.3) is 16.7 Å². The molecule has 1 atom stereocenters. The molecule has 26 heavy (non-hydrogen) atoms. The van der Waals surface area contributed by atoms with Crippen LogP contribution in [0.1, 0.15) is 38.7 Å². The number of hydrogen-bond acceptors (Lipinski definition) is 0. The second kappa shape index (κ2) is 7.47. The molecule has 3 aromatic carbocycles. The predicted molar refractivity (Wildman–Crippen MR) is 95.5 cm³/mol. The Morgan fingerprint density at radius 1 is 0.615 bits per heavy atom. The molecule has 2 aliphatic rings. The summed E-state index contributed by atoms with van der Waals surface area (Å²) in [5.74, 6) is 0.411. The van der Waals surface area contributed by atoms with Crippen molar-refractivity contribution in [3.05, 3.63) is 101 Å². The largest absolute Gasteiger partial charge is 1.00 e. The summed E-state index contributed by atoms with van der Waals surface area (Å²) < 4.78 is 0.567. The number of rotatable bonds is 1. The molecule has 0 nitrogen and oxygen atoms in total. The first kappa shape index (κ1) is 19.6. The molecule has 0 aromatic heterocycles. The van der Waals surface area contributed by atoms with Gasteiger partial charge in [-0.3, -0.25) is 0 Å². The quantitative estimate of drug-likeness (QED) is 0.480. The Hall–Kier alpha value is -1.14. The van der Waals surface area contributed by atoms with Crippen molar-refractivity contribution >= 4 is 5.57 Å². The van der Waals surface area contributed by atoms with Gasteiger partial charge in [0, 0.05) is 0 Å². The first-order valence-electron chi connectivity index (χ1n) is 8.46. The molecule has 0 heterocycles. The van der Waals surface area contributed by atoms with E-state index in [0.29, 0.717) is 9.54 Å². The number of fused-ring (bicyclic) bond motifs is 4. The van der Waals surface area contributed by atoms with E-state index in [1.807, 2.05) is 0 Å². The normalized spacial score (nSPS) is 17.1. The van der Waals surface area contributed by atoms with E-state index >= 15 is 0 Å². The van der Waals surface area contributed by atoms with Crippen molar-refractivity contribution < 1.29 is 49.5 Å². The average molecular weight is 456 g/mol. The van der Waals surface area contributed by atoms with Gasteiger partial charge in [-0.1, -0.05) is 0 Å². The molecule has 0 amide bonds. The molecule has 0 aliphatic heterocycles. The fraction of sp³-hybridized carbons (Fsp3) is 0.130. The minimum Gasteiger partial charge on any atom is -1.00 e. The van der Waals surface area contributed by atoms with E-state index in [9.17, 15) is 0 Å². The maximum Gasteiger partial charge on any atom is -1.00 e. The van der Waals surface area contributed by atoms with Gasteiger partial charge in [0.05, 0.1) is 0 Å². The summed E-state index contributed by atoms with van der Waals surface area (Å²) in [5, 5.41) is 0. The van der Waals surface area contributed by atoms with Crippen LogP contribution in [0.5, 0.6) is 0 Å². The molecule has 0 saturated heterocycles. The molecule has 0 bridgehead atoms. The molecule has 3 heteroatoms. The summed E-state index contributed by atoms with van der Waals surface area (Å²) in [4.78, 5) is 0. The Labute approximate surface area is 182 Å². The van der Waals surface area contributed by atoms with E-state index in [0.717, 1.165) is 0 Å². The maximum atomic E-state index is 2.33. The van der Waals surface area contributed by atoms with E-state index in [4.69, 9.17) is 0 Å². The molecular formula is C23H17Cl2Zr. The third kappa shape index (κ3) is 2.68. The van der Waals surface area contributed by atoms with E-state index < -0.39 is 0 Å². The molecule has 0 fully saturated rings. The summed E-state index contributed by atoms with van der Waals surface area (Å²) in [6, 6.07) is 26.9. The van der Waals surface area contributed by atoms with Crippen LogP contribution in [0.15, 0.2) is 78.4 Å². The molecule has 2 aliphatic carbocycles. The van der Waals surface area contributed by atoms with Gasteiger partial charge in [0.15, 0.2) is 0 Å². The van der Waals surface area contributed by atoms with Crippen LogP contribution in [-0.4, -0.2) is 0 Å².